The summed E-state index contributed by atoms with van der Waals surface area (Å²) < 4.78 is 5.65. The van der Waals surface area contributed by atoms with Gasteiger partial charge in [0.15, 0.2) is 0 Å². The topological polar surface area (TPSA) is 53.0 Å². The molecule has 4 atom stereocenters. The summed E-state index contributed by atoms with van der Waals surface area (Å²) in [6.45, 7) is 2.10. The fraction of sp³-hybridized carbons (Fsp3) is 0.263. The van der Waals surface area contributed by atoms with Gasteiger partial charge in [-0.1, -0.05) is 42.5 Å². The van der Waals surface area contributed by atoms with Gasteiger partial charge in [-0.25, -0.2) is 0 Å². The Balaban J connectivity index is 1.94. The molecule has 22 heavy (non-hydrogen) atoms. The summed E-state index contributed by atoms with van der Waals surface area (Å²) in [6, 6.07) is 14.5. The zero-order valence-corrected chi connectivity index (χ0v) is 12.2. The van der Waals surface area contributed by atoms with Crippen molar-refractivity contribution >= 4 is 21.5 Å². The van der Waals surface area contributed by atoms with Crippen LogP contribution in [0.5, 0.6) is 0 Å². The van der Waals surface area contributed by atoms with Crippen LogP contribution < -0.4 is 0 Å². The van der Waals surface area contributed by atoms with Crippen molar-refractivity contribution in [2.45, 2.75) is 31.3 Å². The number of benzene rings is 3. The van der Waals surface area contributed by atoms with Gasteiger partial charge in [0.1, 0.15) is 24.4 Å². The van der Waals surface area contributed by atoms with E-state index < -0.39 is 12.2 Å². The Morgan fingerprint density at radius 2 is 1.82 bits per heavy atom. The lowest BCUT2D eigenvalue weighted by molar-refractivity contribution is 0.000104. The molecule has 0 spiro atoms. The number of aliphatic hydroxyl groups is 2. The molecule has 0 amide bonds. The predicted octanol–water partition coefficient (Wildman–Crippen LogP) is 3.15. The Labute approximate surface area is 127 Å². The summed E-state index contributed by atoms with van der Waals surface area (Å²) in [5, 5.41) is 25.2. The molecule has 2 N–H and O–H groups in total. The molecular weight excluding hydrogens is 276 g/mol. The van der Waals surface area contributed by atoms with Gasteiger partial charge >= 0.3 is 0 Å². The van der Waals surface area contributed by atoms with Crippen LogP contribution in [-0.2, 0) is 4.74 Å². The van der Waals surface area contributed by atoms with E-state index in [1.165, 1.54) is 21.7 Å². The minimum absolute atomic E-state index is 0.0861. The fourth-order valence-corrected chi connectivity index (χ4v) is 4.00. The molecule has 1 aliphatic carbocycles. The maximum absolute atomic E-state index is 10.4. The molecule has 1 heterocycles. The average molecular weight is 292 g/mol. The van der Waals surface area contributed by atoms with Crippen molar-refractivity contribution in [1.82, 2.24) is 0 Å². The molecule has 1 fully saturated rings. The summed E-state index contributed by atoms with van der Waals surface area (Å²) in [6.07, 6.45) is -2.04. The van der Waals surface area contributed by atoms with E-state index in [1.54, 1.807) is 0 Å². The fourth-order valence-electron chi connectivity index (χ4n) is 4.00. The number of hydrogen-bond acceptors (Lipinski definition) is 3. The molecule has 0 aromatic heterocycles. The number of fused-ring (bicyclic) bond motifs is 7. The largest absolute Gasteiger partial charge is 0.387 e. The van der Waals surface area contributed by atoms with E-state index in [1.807, 2.05) is 18.2 Å². The van der Waals surface area contributed by atoms with E-state index in [0.717, 1.165) is 16.5 Å². The first kappa shape index (κ1) is 12.6. The summed E-state index contributed by atoms with van der Waals surface area (Å²) in [5.41, 5.74) is 3.05. The van der Waals surface area contributed by atoms with Crippen LogP contribution in [0.25, 0.3) is 21.5 Å². The van der Waals surface area contributed by atoms with Crippen molar-refractivity contribution in [2.24, 2.45) is 0 Å². The Morgan fingerprint density at radius 1 is 1.00 bits per heavy atom. The van der Waals surface area contributed by atoms with E-state index in [4.69, 9.17) is 4.74 Å². The summed E-state index contributed by atoms with van der Waals surface area (Å²) in [7, 11) is 0. The van der Waals surface area contributed by atoms with Crippen LogP contribution in [0.15, 0.2) is 42.5 Å². The quantitative estimate of drug-likeness (QED) is 0.494. The van der Waals surface area contributed by atoms with Crippen LogP contribution in [0, 0.1) is 6.92 Å². The highest BCUT2D eigenvalue weighted by Gasteiger charge is 2.54. The molecular formula is C19H16O3. The molecule has 0 radical (unpaired) electrons. The monoisotopic (exact) mass is 292 g/mol. The highest BCUT2D eigenvalue weighted by Crippen LogP contribution is 2.53. The van der Waals surface area contributed by atoms with Crippen molar-refractivity contribution < 1.29 is 14.9 Å². The van der Waals surface area contributed by atoms with Crippen molar-refractivity contribution in [3.63, 3.8) is 0 Å². The van der Waals surface area contributed by atoms with E-state index >= 15 is 0 Å². The molecule has 0 unspecified atom stereocenters. The second-order valence-electron chi connectivity index (χ2n) is 6.36. The van der Waals surface area contributed by atoms with Crippen molar-refractivity contribution in [1.29, 1.82) is 0 Å². The normalized spacial score (nSPS) is 29.4. The highest BCUT2D eigenvalue weighted by atomic mass is 16.6. The Bertz CT molecular complexity index is 931. The van der Waals surface area contributed by atoms with Crippen LogP contribution in [0.4, 0.5) is 0 Å². The van der Waals surface area contributed by atoms with Gasteiger partial charge in [0.05, 0.1) is 0 Å². The lowest BCUT2D eigenvalue weighted by Gasteiger charge is -2.25. The van der Waals surface area contributed by atoms with E-state index in [-0.39, 0.29) is 12.2 Å². The number of hydrogen-bond donors (Lipinski definition) is 2. The van der Waals surface area contributed by atoms with E-state index in [0.29, 0.717) is 0 Å². The van der Waals surface area contributed by atoms with Crippen molar-refractivity contribution in [3.8, 4) is 0 Å². The molecule has 3 heteroatoms. The van der Waals surface area contributed by atoms with Crippen molar-refractivity contribution in [3.05, 3.63) is 59.2 Å². The second kappa shape index (κ2) is 4.07. The average Bonchev–Trinajstić information content (AvgIpc) is 3.32. The van der Waals surface area contributed by atoms with Crippen LogP contribution in [0.2, 0.25) is 0 Å². The van der Waals surface area contributed by atoms with Gasteiger partial charge in [0.25, 0.3) is 0 Å². The number of epoxide rings is 1. The lowest BCUT2D eigenvalue weighted by atomic mass is 9.82. The smallest absolute Gasteiger partial charge is 0.118 e. The number of aryl methyl sites for hydroxylation is 1. The zero-order chi connectivity index (χ0) is 15.0. The maximum Gasteiger partial charge on any atom is 0.118 e. The molecule has 3 aromatic carbocycles. The van der Waals surface area contributed by atoms with Crippen LogP contribution in [0.1, 0.15) is 28.9 Å². The SMILES string of the molecule is Cc1cc2ccccc2c2ccc3c(c12)[C@H]1O[C@H]1[C@@H](O)[C@@H]3O. The first-order valence-electron chi connectivity index (χ1n) is 7.63. The van der Waals surface area contributed by atoms with Crippen LogP contribution in [0.3, 0.4) is 0 Å². The maximum atomic E-state index is 10.4. The lowest BCUT2D eigenvalue weighted by Crippen LogP contribution is -2.29. The zero-order valence-electron chi connectivity index (χ0n) is 12.2. The molecule has 0 saturated carbocycles. The van der Waals surface area contributed by atoms with Gasteiger partial charge in [0.2, 0.25) is 0 Å². The molecule has 3 aromatic rings. The highest BCUT2D eigenvalue weighted by molar-refractivity contribution is 6.10. The van der Waals surface area contributed by atoms with Gasteiger partial charge < -0.3 is 14.9 Å². The van der Waals surface area contributed by atoms with Crippen molar-refractivity contribution in [2.75, 3.05) is 0 Å². The van der Waals surface area contributed by atoms with E-state index in [2.05, 4.69) is 31.2 Å². The predicted molar refractivity (Wildman–Crippen MR) is 84.8 cm³/mol. The van der Waals surface area contributed by atoms with Gasteiger partial charge in [-0.3, -0.25) is 0 Å². The third kappa shape index (κ3) is 1.46. The number of rotatable bonds is 0. The minimum Gasteiger partial charge on any atom is -0.387 e. The third-order valence-corrected chi connectivity index (χ3v) is 5.09. The molecule has 5 rings (SSSR count). The van der Waals surface area contributed by atoms with Gasteiger partial charge in [-0.15, -0.1) is 0 Å². The molecule has 1 saturated heterocycles. The third-order valence-electron chi connectivity index (χ3n) is 5.09. The molecule has 1 aliphatic heterocycles. The second-order valence-corrected chi connectivity index (χ2v) is 6.36. The Kier molecular flexibility index (Phi) is 2.33. The first-order valence-corrected chi connectivity index (χ1v) is 7.63. The Hall–Kier alpha value is -1.94. The summed E-state index contributed by atoms with van der Waals surface area (Å²) in [4.78, 5) is 0. The molecule has 110 valence electrons. The molecule has 2 aliphatic rings. The first-order chi connectivity index (χ1) is 10.7. The molecule has 3 nitrogen and oxygen atoms in total. The van der Waals surface area contributed by atoms with Crippen LogP contribution >= 0.6 is 0 Å². The van der Waals surface area contributed by atoms with Crippen LogP contribution in [-0.4, -0.2) is 22.4 Å². The Morgan fingerprint density at radius 3 is 2.68 bits per heavy atom. The summed E-state index contributed by atoms with van der Waals surface area (Å²) >= 11 is 0. The van der Waals surface area contributed by atoms with E-state index in [9.17, 15) is 10.2 Å². The number of aliphatic hydroxyl groups excluding tert-OH is 2. The summed E-state index contributed by atoms with van der Waals surface area (Å²) in [5.74, 6) is 0. The standard InChI is InChI=1S/C19H16O3/c1-9-8-10-4-2-3-5-11(10)12-6-7-13-15(14(9)12)18-19(22-18)17(21)16(13)20/h2-8,16-21H,1H3/t16-,17+,18-,19+/m1/s1. The minimum atomic E-state index is -0.867. The van der Waals surface area contributed by atoms with Gasteiger partial charge in [0, 0.05) is 0 Å². The van der Waals surface area contributed by atoms with Gasteiger partial charge in [-0.05, 0) is 45.2 Å². The number of ether oxygens (including phenoxy) is 1. The van der Waals surface area contributed by atoms with Gasteiger partial charge in [-0.2, -0.15) is 0 Å². The molecule has 0 bridgehead atoms.